The van der Waals surface area contributed by atoms with E-state index in [1.54, 1.807) is 0 Å². The first kappa shape index (κ1) is 9.79. The summed E-state index contributed by atoms with van der Waals surface area (Å²) in [6.07, 6.45) is 0.407. The highest BCUT2D eigenvalue weighted by molar-refractivity contribution is 7.80. The molecular weight excluding hydrogens is 192 g/mol. The molecule has 0 atom stereocenters. The summed E-state index contributed by atoms with van der Waals surface area (Å²) in [4.78, 5) is 25.5. The molecule has 0 radical (unpaired) electrons. The molecule has 0 unspecified atom stereocenters. The van der Waals surface area contributed by atoms with Crippen LogP contribution in [0.15, 0.2) is 4.99 Å². The van der Waals surface area contributed by atoms with Gasteiger partial charge in [0.05, 0.1) is 13.5 Å². The van der Waals surface area contributed by atoms with E-state index in [4.69, 9.17) is 0 Å². The van der Waals surface area contributed by atoms with Crippen molar-refractivity contribution in [2.75, 3.05) is 7.11 Å². The zero-order valence-electron chi connectivity index (χ0n) is 6.99. The number of aliphatic imine (C=N–C) groups is 1. The Morgan fingerprint density at radius 3 is 2.85 bits per heavy atom. The van der Waals surface area contributed by atoms with Crippen LogP contribution >= 0.6 is 12.2 Å². The Bertz CT molecular complexity index is 298. The molecule has 1 N–H and O–H groups in total. The van der Waals surface area contributed by atoms with E-state index < -0.39 is 0 Å². The van der Waals surface area contributed by atoms with E-state index in [9.17, 15) is 9.59 Å². The smallest absolute Gasteiger partial charge is 0.305 e. The summed E-state index contributed by atoms with van der Waals surface area (Å²) in [6, 6.07) is 0. The number of amides is 1. The molecule has 1 aliphatic rings. The van der Waals surface area contributed by atoms with Gasteiger partial charge >= 0.3 is 5.97 Å². The van der Waals surface area contributed by atoms with Crippen LogP contribution in [0.1, 0.15) is 12.8 Å². The molecule has 0 aromatic carbocycles. The standard InChI is InChI=1S/C7H8N2O3S/c1-12-5(10)3-2-4-6(11)9-7(13)8-4/h2-3H2,1H3,(H,9,11,13). The van der Waals surface area contributed by atoms with Gasteiger partial charge in [-0.3, -0.25) is 14.9 Å². The van der Waals surface area contributed by atoms with Crippen LogP contribution in [-0.2, 0) is 14.3 Å². The summed E-state index contributed by atoms with van der Waals surface area (Å²) in [5.74, 6) is -0.692. The fourth-order valence-corrected chi connectivity index (χ4v) is 1.07. The van der Waals surface area contributed by atoms with Crippen LogP contribution in [0.5, 0.6) is 0 Å². The van der Waals surface area contributed by atoms with Gasteiger partial charge in [-0.1, -0.05) is 0 Å². The van der Waals surface area contributed by atoms with E-state index in [0.29, 0.717) is 0 Å². The van der Waals surface area contributed by atoms with E-state index in [1.807, 2.05) is 0 Å². The quantitative estimate of drug-likeness (QED) is 0.506. The topological polar surface area (TPSA) is 67.8 Å². The maximum absolute atomic E-state index is 11.0. The highest BCUT2D eigenvalue weighted by atomic mass is 32.1. The minimum Gasteiger partial charge on any atom is -0.469 e. The molecule has 0 aromatic heterocycles. The van der Waals surface area contributed by atoms with Gasteiger partial charge in [0.25, 0.3) is 5.91 Å². The fraction of sp³-hybridized carbons (Fsp3) is 0.429. The Balaban J connectivity index is 2.46. The number of esters is 1. The molecule has 0 bridgehead atoms. The number of ether oxygens (including phenoxy) is 1. The monoisotopic (exact) mass is 200 g/mol. The van der Waals surface area contributed by atoms with Crippen molar-refractivity contribution in [2.24, 2.45) is 4.99 Å². The fourth-order valence-electron chi connectivity index (χ4n) is 0.863. The predicted octanol–water partition coefficient (Wildman–Crippen LogP) is -0.205. The third kappa shape index (κ3) is 2.59. The van der Waals surface area contributed by atoms with Crippen molar-refractivity contribution in [3.8, 4) is 0 Å². The number of methoxy groups -OCH3 is 1. The zero-order valence-corrected chi connectivity index (χ0v) is 7.81. The molecule has 1 heterocycles. The van der Waals surface area contributed by atoms with Crippen molar-refractivity contribution >= 4 is 34.9 Å². The Morgan fingerprint density at radius 2 is 2.38 bits per heavy atom. The molecule has 0 aliphatic carbocycles. The molecule has 1 amide bonds. The summed E-state index contributed by atoms with van der Waals surface area (Å²) in [5, 5.41) is 2.50. The van der Waals surface area contributed by atoms with Crippen molar-refractivity contribution in [3.63, 3.8) is 0 Å². The first-order valence-electron chi connectivity index (χ1n) is 3.63. The summed E-state index contributed by atoms with van der Waals surface area (Å²) < 4.78 is 4.41. The first-order chi connectivity index (χ1) is 6.13. The maximum atomic E-state index is 11.0. The van der Waals surface area contributed by atoms with E-state index in [0.717, 1.165) is 0 Å². The normalized spacial score (nSPS) is 15.3. The van der Waals surface area contributed by atoms with Crippen LogP contribution < -0.4 is 5.32 Å². The molecule has 1 rings (SSSR count). The molecule has 0 saturated heterocycles. The minimum atomic E-state index is -0.367. The van der Waals surface area contributed by atoms with E-state index in [-0.39, 0.29) is 35.5 Å². The SMILES string of the molecule is COC(=O)CCC1=NC(=S)NC1=O. The summed E-state index contributed by atoms with van der Waals surface area (Å²) in [6.45, 7) is 0. The minimum absolute atomic E-state index is 0.144. The van der Waals surface area contributed by atoms with Crippen molar-refractivity contribution in [3.05, 3.63) is 0 Å². The molecule has 0 aromatic rings. The Labute approximate surface area is 80.2 Å². The Kier molecular flexibility index (Phi) is 3.07. The number of hydrogen-bond acceptors (Lipinski definition) is 4. The highest BCUT2D eigenvalue weighted by Gasteiger charge is 2.20. The number of nitrogens with one attached hydrogen (secondary N) is 1. The van der Waals surface area contributed by atoms with Crippen LogP contribution in [0, 0.1) is 0 Å². The zero-order chi connectivity index (χ0) is 9.84. The lowest BCUT2D eigenvalue weighted by atomic mass is 10.2. The molecule has 0 fully saturated rings. The van der Waals surface area contributed by atoms with Crippen molar-refractivity contribution < 1.29 is 14.3 Å². The van der Waals surface area contributed by atoms with Crippen LogP contribution in [0.2, 0.25) is 0 Å². The molecule has 0 spiro atoms. The van der Waals surface area contributed by atoms with Crippen molar-refractivity contribution in [1.82, 2.24) is 5.32 Å². The second kappa shape index (κ2) is 4.08. The molecule has 5 nitrogen and oxygen atoms in total. The number of thiocarbonyl (C=S) groups is 1. The van der Waals surface area contributed by atoms with Crippen molar-refractivity contribution in [2.45, 2.75) is 12.8 Å². The van der Waals surface area contributed by atoms with Gasteiger partial charge in [-0.05, 0) is 12.2 Å². The average Bonchev–Trinajstić information content (AvgIpc) is 2.41. The van der Waals surface area contributed by atoms with E-state index >= 15 is 0 Å². The van der Waals surface area contributed by atoms with E-state index in [1.165, 1.54) is 7.11 Å². The van der Waals surface area contributed by atoms with Crippen LogP contribution in [0.3, 0.4) is 0 Å². The number of rotatable bonds is 3. The van der Waals surface area contributed by atoms with Gasteiger partial charge in [0, 0.05) is 6.42 Å². The van der Waals surface area contributed by atoms with Gasteiger partial charge in [-0.25, -0.2) is 4.99 Å². The lowest BCUT2D eigenvalue weighted by Gasteiger charge is -1.96. The first-order valence-corrected chi connectivity index (χ1v) is 4.04. The van der Waals surface area contributed by atoms with Crippen molar-refractivity contribution in [1.29, 1.82) is 0 Å². The molecule has 70 valence electrons. The van der Waals surface area contributed by atoms with Gasteiger partial charge < -0.3 is 4.74 Å². The Morgan fingerprint density at radius 1 is 1.69 bits per heavy atom. The summed E-state index contributed by atoms with van der Waals surface area (Å²) >= 11 is 4.65. The molecule has 0 saturated carbocycles. The largest absolute Gasteiger partial charge is 0.469 e. The van der Waals surface area contributed by atoms with Crippen LogP contribution in [0.25, 0.3) is 0 Å². The van der Waals surface area contributed by atoms with Gasteiger partial charge in [0.2, 0.25) is 0 Å². The Hall–Kier alpha value is -1.30. The number of carbonyl (C=O) groups is 2. The molecule has 13 heavy (non-hydrogen) atoms. The van der Waals surface area contributed by atoms with E-state index in [2.05, 4.69) is 27.3 Å². The average molecular weight is 200 g/mol. The maximum Gasteiger partial charge on any atom is 0.305 e. The second-order valence-corrected chi connectivity index (χ2v) is 2.78. The third-order valence-corrected chi connectivity index (χ3v) is 1.71. The lowest BCUT2D eigenvalue weighted by molar-refractivity contribution is -0.140. The number of nitrogens with zero attached hydrogens (tertiary/aromatic N) is 1. The lowest BCUT2D eigenvalue weighted by Crippen LogP contribution is -2.25. The molecule has 1 aliphatic heterocycles. The third-order valence-electron chi connectivity index (χ3n) is 1.51. The van der Waals surface area contributed by atoms with Gasteiger partial charge in [0.1, 0.15) is 5.71 Å². The highest BCUT2D eigenvalue weighted by Crippen LogP contribution is 2.01. The predicted molar refractivity (Wildman–Crippen MR) is 49.4 cm³/mol. The van der Waals surface area contributed by atoms with Gasteiger partial charge in [0.15, 0.2) is 5.11 Å². The number of hydrogen-bond donors (Lipinski definition) is 1. The summed E-state index contributed by atoms with van der Waals surface area (Å²) in [7, 11) is 1.30. The van der Waals surface area contributed by atoms with Crippen LogP contribution in [0.4, 0.5) is 0 Å². The summed E-state index contributed by atoms with van der Waals surface area (Å²) in [5.41, 5.74) is 0.287. The second-order valence-electron chi connectivity index (χ2n) is 2.39. The van der Waals surface area contributed by atoms with Gasteiger partial charge in [-0.15, -0.1) is 0 Å². The molecule has 6 heteroatoms. The molecular formula is C7H8N2O3S. The number of carbonyl (C=O) groups excluding carboxylic acids is 2. The van der Waals surface area contributed by atoms with Crippen LogP contribution in [-0.4, -0.2) is 29.8 Å². The van der Waals surface area contributed by atoms with Gasteiger partial charge in [-0.2, -0.15) is 0 Å².